The van der Waals surface area contributed by atoms with Gasteiger partial charge >= 0.3 is 0 Å². The fraction of sp³-hybridized carbons (Fsp3) is 0.625. The first-order chi connectivity index (χ1) is 9.61. The third-order valence-corrected chi connectivity index (χ3v) is 4.95. The van der Waals surface area contributed by atoms with Crippen LogP contribution in [0.1, 0.15) is 44.6 Å². The molecule has 1 unspecified atom stereocenters. The summed E-state index contributed by atoms with van der Waals surface area (Å²) in [6, 6.07) is 4.66. The molecule has 3 heterocycles. The summed E-state index contributed by atoms with van der Waals surface area (Å²) in [4.78, 5) is 18.7. The highest BCUT2D eigenvalue weighted by atomic mass is 16.2. The predicted octanol–water partition coefficient (Wildman–Crippen LogP) is 1.93. The zero-order chi connectivity index (χ0) is 14.2. The van der Waals surface area contributed by atoms with Crippen LogP contribution in [0.4, 0.5) is 0 Å². The number of aromatic nitrogens is 1. The summed E-state index contributed by atoms with van der Waals surface area (Å²) in [5.41, 5.74) is 1.15. The number of rotatable bonds is 2. The molecule has 3 rings (SSSR count). The average molecular weight is 273 g/mol. The summed E-state index contributed by atoms with van der Waals surface area (Å²) in [5, 5.41) is 3.28. The summed E-state index contributed by atoms with van der Waals surface area (Å²) in [6.45, 7) is 6.61. The van der Waals surface area contributed by atoms with Crippen molar-refractivity contribution in [2.75, 3.05) is 13.1 Å². The van der Waals surface area contributed by atoms with Gasteiger partial charge in [-0.2, -0.15) is 0 Å². The minimum Gasteiger partial charge on any atom is -0.350 e. The first-order valence-electron chi connectivity index (χ1n) is 7.56. The number of carbonyl (C=O) groups excluding carboxylic acids is 1. The van der Waals surface area contributed by atoms with Gasteiger partial charge in [0.1, 0.15) is 0 Å². The molecule has 0 saturated carbocycles. The zero-order valence-corrected chi connectivity index (χ0v) is 12.3. The number of nitrogens with one attached hydrogen (secondary N) is 1. The number of hydrogen-bond acceptors (Lipinski definition) is 3. The zero-order valence-electron chi connectivity index (χ0n) is 12.3. The molecular formula is C16H23N3O. The Morgan fingerprint density at radius 3 is 2.75 bits per heavy atom. The smallest absolute Gasteiger partial charge is 0.221 e. The van der Waals surface area contributed by atoms with Crippen molar-refractivity contribution in [3.8, 4) is 0 Å². The fourth-order valence-corrected chi connectivity index (χ4v) is 3.73. The van der Waals surface area contributed by atoms with Crippen LogP contribution in [0, 0.1) is 0 Å². The van der Waals surface area contributed by atoms with Crippen LogP contribution in [-0.2, 0) is 4.79 Å². The van der Waals surface area contributed by atoms with Crippen LogP contribution in [0.15, 0.2) is 24.5 Å². The largest absolute Gasteiger partial charge is 0.350 e. The van der Waals surface area contributed by atoms with E-state index in [9.17, 15) is 4.79 Å². The van der Waals surface area contributed by atoms with Crippen molar-refractivity contribution >= 4 is 5.91 Å². The maximum absolute atomic E-state index is 12.0. The molecule has 2 aliphatic rings. The van der Waals surface area contributed by atoms with Crippen LogP contribution >= 0.6 is 0 Å². The molecule has 1 aromatic heterocycles. The second-order valence-electron chi connectivity index (χ2n) is 6.38. The Hall–Kier alpha value is -1.42. The molecule has 2 saturated heterocycles. The van der Waals surface area contributed by atoms with Gasteiger partial charge in [-0.25, -0.2) is 0 Å². The molecular weight excluding hydrogens is 250 g/mol. The van der Waals surface area contributed by atoms with Crippen molar-refractivity contribution in [1.29, 1.82) is 0 Å². The van der Waals surface area contributed by atoms with E-state index in [0.717, 1.165) is 25.9 Å². The number of likely N-dealkylation sites (tertiary alicyclic amines) is 1. The van der Waals surface area contributed by atoms with E-state index in [1.165, 1.54) is 5.56 Å². The van der Waals surface area contributed by atoms with Crippen molar-refractivity contribution in [1.82, 2.24) is 15.2 Å². The van der Waals surface area contributed by atoms with E-state index >= 15 is 0 Å². The lowest BCUT2D eigenvalue weighted by molar-refractivity contribution is -0.120. The Balaban J connectivity index is 1.82. The molecule has 1 amide bonds. The van der Waals surface area contributed by atoms with Crippen molar-refractivity contribution in [2.45, 2.75) is 50.6 Å². The lowest BCUT2D eigenvalue weighted by atomic mass is 9.74. The van der Waals surface area contributed by atoms with Gasteiger partial charge < -0.3 is 10.2 Å². The van der Waals surface area contributed by atoms with Crippen LogP contribution in [0.25, 0.3) is 0 Å². The molecule has 0 aromatic carbocycles. The average Bonchev–Trinajstić information content (AvgIpc) is 2.77. The molecule has 2 fully saturated rings. The molecule has 0 radical (unpaired) electrons. The molecule has 0 bridgehead atoms. The predicted molar refractivity (Wildman–Crippen MR) is 78.4 cm³/mol. The highest BCUT2D eigenvalue weighted by molar-refractivity contribution is 5.81. The van der Waals surface area contributed by atoms with Crippen LogP contribution in [0.2, 0.25) is 0 Å². The molecule has 1 atom stereocenters. The maximum atomic E-state index is 12.0. The van der Waals surface area contributed by atoms with Crippen molar-refractivity contribution in [3.05, 3.63) is 30.1 Å². The Bertz CT molecular complexity index is 478. The lowest BCUT2D eigenvalue weighted by Crippen LogP contribution is -2.54. The monoisotopic (exact) mass is 273 g/mol. The summed E-state index contributed by atoms with van der Waals surface area (Å²) >= 11 is 0. The molecule has 2 aliphatic heterocycles. The highest BCUT2D eigenvalue weighted by Crippen LogP contribution is 2.43. The van der Waals surface area contributed by atoms with E-state index in [1.807, 2.05) is 12.3 Å². The second kappa shape index (κ2) is 5.17. The van der Waals surface area contributed by atoms with E-state index in [4.69, 9.17) is 0 Å². The standard InChI is InChI=1S/C16H23N3O/c1-12(2)19-8-5-16(6-9-19)14(10-15(20)18-16)13-4-3-7-17-11-13/h3-4,7,11-12,14H,5-6,8-10H2,1-2H3,(H,18,20). The third-order valence-electron chi connectivity index (χ3n) is 4.95. The van der Waals surface area contributed by atoms with Gasteiger partial charge in [0, 0.05) is 49.4 Å². The molecule has 108 valence electrons. The van der Waals surface area contributed by atoms with Gasteiger partial charge in [0.2, 0.25) is 5.91 Å². The maximum Gasteiger partial charge on any atom is 0.221 e. The number of pyridine rings is 1. The Morgan fingerprint density at radius 2 is 2.15 bits per heavy atom. The van der Waals surface area contributed by atoms with E-state index in [2.05, 4.69) is 35.1 Å². The Kier molecular flexibility index (Phi) is 3.50. The quantitative estimate of drug-likeness (QED) is 0.895. The topological polar surface area (TPSA) is 45.2 Å². The second-order valence-corrected chi connectivity index (χ2v) is 6.38. The summed E-state index contributed by atoms with van der Waals surface area (Å²) in [7, 11) is 0. The van der Waals surface area contributed by atoms with E-state index in [1.54, 1.807) is 6.20 Å². The van der Waals surface area contributed by atoms with Gasteiger partial charge in [-0.3, -0.25) is 9.78 Å². The SMILES string of the molecule is CC(C)N1CCC2(CC1)NC(=O)CC2c1cccnc1. The molecule has 0 aliphatic carbocycles. The van der Waals surface area contributed by atoms with Gasteiger partial charge in [-0.05, 0) is 38.3 Å². The van der Waals surface area contributed by atoms with Gasteiger partial charge in [-0.1, -0.05) is 6.07 Å². The first kappa shape index (κ1) is 13.6. The summed E-state index contributed by atoms with van der Waals surface area (Å²) < 4.78 is 0. The van der Waals surface area contributed by atoms with Gasteiger partial charge in [-0.15, -0.1) is 0 Å². The summed E-state index contributed by atoms with van der Waals surface area (Å²) in [6.07, 6.45) is 6.39. The van der Waals surface area contributed by atoms with Crippen LogP contribution < -0.4 is 5.32 Å². The Labute approximate surface area is 120 Å². The van der Waals surface area contributed by atoms with Crippen molar-refractivity contribution in [3.63, 3.8) is 0 Å². The lowest BCUT2D eigenvalue weighted by Gasteiger charge is -2.44. The minimum atomic E-state index is -0.0501. The number of carbonyl (C=O) groups is 1. The normalized spacial score (nSPS) is 26.1. The van der Waals surface area contributed by atoms with E-state index < -0.39 is 0 Å². The molecule has 4 heteroatoms. The van der Waals surface area contributed by atoms with E-state index in [0.29, 0.717) is 12.5 Å². The van der Waals surface area contributed by atoms with Crippen LogP contribution in [0.3, 0.4) is 0 Å². The van der Waals surface area contributed by atoms with Crippen molar-refractivity contribution < 1.29 is 4.79 Å². The Morgan fingerprint density at radius 1 is 1.40 bits per heavy atom. The van der Waals surface area contributed by atoms with Gasteiger partial charge in [0.25, 0.3) is 0 Å². The third kappa shape index (κ3) is 2.33. The van der Waals surface area contributed by atoms with Gasteiger partial charge in [0.15, 0.2) is 0 Å². The molecule has 4 nitrogen and oxygen atoms in total. The number of amides is 1. The fourth-order valence-electron chi connectivity index (χ4n) is 3.73. The van der Waals surface area contributed by atoms with Crippen molar-refractivity contribution in [2.24, 2.45) is 0 Å². The molecule has 20 heavy (non-hydrogen) atoms. The van der Waals surface area contributed by atoms with Crippen LogP contribution in [0.5, 0.6) is 0 Å². The molecule has 1 aromatic rings. The molecule has 1 spiro atoms. The minimum absolute atomic E-state index is 0.0501. The number of hydrogen-bond donors (Lipinski definition) is 1. The number of nitrogens with zero attached hydrogens (tertiary/aromatic N) is 2. The van der Waals surface area contributed by atoms with Crippen LogP contribution in [-0.4, -0.2) is 40.5 Å². The van der Waals surface area contributed by atoms with Gasteiger partial charge in [0.05, 0.1) is 0 Å². The highest BCUT2D eigenvalue weighted by Gasteiger charge is 2.48. The van der Waals surface area contributed by atoms with E-state index in [-0.39, 0.29) is 17.4 Å². The number of piperidine rings is 1. The molecule has 1 N–H and O–H groups in total. The first-order valence-corrected chi connectivity index (χ1v) is 7.56. The summed E-state index contributed by atoms with van der Waals surface area (Å²) in [5.74, 6) is 0.467.